The number of benzene rings is 1. The number of carbonyl (C=O) groups is 1. The number of piperidine rings is 1. The summed E-state index contributed by atoms with van der Waals surface area (Å²) in [7, 11) is 5.35. The highest BCUT2D eigenvalue weighted by molar-refractivity contribution is 6.30. The molecule has 2 aromatic rings. The molecular formula is C20H28Cl2N4O2. The van der Waals surface area contributed by atoms with E-state index in [9.17, 15) is 4.79 Å². The number of ether oxygens (including phenoxy) is 1. The summed E-state index contributed by atoms with van der Waals surface area (Å²) in [5.74, 6) is 1.35. The SMILES string of the molecule is CNC(C(=O)N1CCCC(Cc2cc(Cl)ccc2OC)C1)c1cnn(C)c1.Cl. The second kappa shape index (κ2) is 10.1. The fourth-order valence-electron chi connectivity index (χ4n) is 3.85. The molecule has 0 saturated carbocycles. The molecule has 2 heterocycles. The van der Waals surface area contributed by atoms with E-state index in [-0.39, 0.29) is 24.4 Å². The quantitative estimate of drug-likeness (QED) is 0.769. The van der Waals surface area contributed by atoms with Gasteiger partial charge in [0, 0.05) is 36.9 Å². The van der Waals surface area contributed by atoms with E-state index in [2.05, 4.69) is 10.4 Å². The smallest absolute Gasteiger partial charge is 0.244 e. The fourth-order valence-corrected chi connectivity index (χ4v) is 4.05. The van der Waals surface area contributed by atoms with Gasteiger partial charge < -0.3 is 15.0 Å². The van der Waals surface area contributed by atoms with E-state index in [4.69, 9.17) is 16.3 Å². The van der Waals surface area contributed by atoms with Crippen molar-refractivity contribution >= 4 is 29.9 Å². The second-order valence-corrected chi connectivity index (χ2v) is 7.56. The second-order valence-electron chi connectivity index (χ2n) is 7.12. The molecule has 1 aromatic heterocycles. The van der Waals surface area contributed by atoms with E-state index in [1.807, 2.05) is 43.4 Å². The molecule has 3 rings (SSSR count). The first-order chi connectivity index (χ1) is 13.0. The van der Waals surface area contributed by atoms with Gasteiger partial charge in [0.15, 0.2) is 0 Å². The molecule has 0 aliphatic carbocycles. The van der Waals surface area contributed by atoms with Crippen LogP contribution in [0.15, 0.2) is 30.6 Å². The average Bonchev–Trinajstić information content (AvgIpc) is 3.09. The highest BCUT2D eigenvalue weighted by Gasteiger charge is 2.30. The van der Waals surface area contributed by atoms with Gasteiger partial charge in [-0.2, -0.15) is 5.10 Å². The van der Waals surface area contributed by atoms with Crippen LogP contribution in [0.3, 0.4) is 0 Å². The van der Waals surface area contributed by atoms with Gasteiger partial charge in [-0.1, -0.05) is 11.6 Å². The Kier molecular flexibility index (Phi) is 8.16. The van der Waals surface area contributed by atoms with Gasteiger partial charge in [-0.25, -0.2) is 0 Å². The predicted molar refractivity (Wildman–Crippen MR) is 113 cm³/mol. The fraction of sp³-hybridized carbons (Fsp3) is 0.500. The summed E-state index contributed by atoms with van der Waals surface area (Å²) >= 11 is 6.16. The van der Waals surface area contributed by atoms with Crippen LogP contribution in [0.1, 0.15) is 30.0 Å². The standard InChI is InChI=1S/C20H27ClN4O2.ClH/c1-22-19(16-11-23-24(2)13-16)20(26)25-8-4-5-14(12-25)9-15-10-17(21)6-7-18(15)27-3;/h6-7,10-11,13-14,19,22H,4-5,8-9,12H2,1-3H3;1H. The number of nitrogens with zero attached hydrogens (tertiary/aromatic N) is 3. The van der Waals surface area contributed by atoms with Crippen molar-refractivity contribution in [2.24, 2.45) is 13.0 Å². The number of likely N-dealkylation sites (N-methyl/N-ethyl adjacent to an activating group) is 1. The molecule has 8 heteroatoms. The summed E-state index contributed by atoms with van der Waals surface area (Å²) in [5.41, 5.74) is 1.99. The number of aryl methyl sites for hydroxylation is 1. The van der Waals surface area contributed by atoms with Gasteiger partial charge in [-0.3, -0.25) is 9.48 Å². The van der Waals surface area contributed by atoms with E-state index in [1.165, 1.54) is 0 Å². The number of aromatic nitrogens is 2. The van der Waals surface area contributed by atoms with Crippen molar-refractivity contribution < 1.29 is 9.53 Å². The third kappa shape index (κ3) is 5.19. The molecule has 28 heavy (non-hydrogen) atoms. The number of rotatable bonds is 6. The Morgan fingerprint density at radius 2 is 2.25 bits per heavy atom. The van der Waals surface area contributed by atoms with E-state index in [1.54, 1.807) is 18.0 Å². The Labute approximate surface area is 177 Å². The highest BCUT2D eigenvalue weighted by atomic mass is 35.5. The van der Waals surface area contributed by atoms with Crippen LogP contribution in [0, 0.1) is 5.92 Å². The summed E-state index contributed by atoms with van der Waals surface area (Å²) in [6.45, 7) is 1.54. The number of hydrogen-bond acceptors (Lipinski definition) is 4. The molecule has 1 aliphatic heterocycles. The molecule has 0 spiro atoms. The monoisotopic (exact) mass is 426 g/mol. The van der Waals surface area contributed by atoms with Gasteiger partial charge >= 0.3 is 0 Å². The first kappa shape index (κ1) is 22.5. The van der Waals surface area contributed by atoms with Crippen LogP contribution < -0.4 is 10.1 Å². The Morgan fingerprint density at radius 1 is 1.46 bits per heavy atom. The van der Waals surface area contributed by atoms with Crippen LogP contribution in [0.25, 0.3) is 0 Å². The molecule has 6 nitrogen and oxygen atoms in total. The summed E-state index contributed by atoms with van der Waals surface area (Å²) in [6, 6.07) is 5.35. The molecule has 1 fully saturated rings. The van der Waals surface area contributed by atoms with Gasteiger partial charge in [0.05, 0.1) is 13.3 Å². The zero-order valence-corrected chi connectivity index (χ0v) is 18.1. The number of halogens is 2. The summed E-state index contributed by atoms with van der Waals surface area (Å²) in [6.07, 6.45) is 6.58. The lowest BCUT2D eigenvalue weighted by Gasteiger charge is -2.35. The van der Waals surface area contributed by atoms with Crippen LogP contribution >= 0.6 is 24.0 Å². The molecule has 154 valence electrons. The summed E-state index contributed by atoms with van der Waals surface area (Å²) in [4.78, 5) is 15.1. The van der Waals surface area contributed by atoms with Gasteiger partial charge in [0.2, 0.25) is 5.91 Å². The highest BCUT2D eigenvalue weighted by Crippen LogP contribution is 2.29. The largest absolute Gasteiger partial charge is 0.496 e. The van der Waals surface area contributed by atoms with Gasteiger partial charge in [-0.05, 0) is 56.0 Å². The zero-order valence-electron chi connectivity index (χ0n) is 16.5. The zero-order chi connectivity index (χ0) is 19.4. The summed E-state index contributed by atoms with van der Waals surface area (Å²) in [5, 5.41) is 8.04. The van der Waals surface area contributed by atoms with E-state index in [0.29, 0.717) is 10.9 Å². The maximum atomic E-state index is 13.1. The van der Waals surface area contributed by atoms with Gasteiger partial charge in [0.25, 0.3) is 0 Å². The average molecular weight is 427 g/mol. The molecule has 1 aliphatic rings. The van der Waals surface area contributed by atoms with Crippen molar-refractivity contribution in [1.29, 1.82) is 0 Å². The summed E-state index contributed by atoms with van der Waals surface area (Å²) < 4.78 is 7.19. The number of nitrogens with one attached hydrogen (secondary N) is 1. The van der Waals surface area contributed by atoms with E-state index >= 15 is 0 Å². The third-order valence-electron chi connectivity index (χ3n) is 5.18. The number of hydrogen-bond donors (Lipinski definition) is 1. The number of carbonyl (C=O) groups excluding carboxylic acids is 1. The predicted octanol–water partition coefficient (Wildman–Crippen LogP) is 3.25. The molecule has 1 amide bonds. The van der Waals surface area contributed by atoms with Crippen LogP contribution in [0.2, 0.25) is 5.02 Å². The third-order valence-corrected chi connectivity index (χ3v) is 5.41. The lowest BCUT2D eigenvalue weighted by atomic mass is 9.90. The Hall–Kier alpha value is -1.76. The maximum absolute atomic E-state index is 13.1. The lowest BCUT2D eigenvalue weighted by Crippen LogP contribution is -2.45. The Bertz CT molecular complexity index is 796. The molecule has 0 radical (unpaired) electrons. The van der Waals surface area contributed by atoms with Crippen LogP contribution in [-0.4, -0.2) is 47.8 Å². The molecule has 0 bridgehead atoms. The number of amides is 1. The van der Waals surface area contributed by atoms with Crippen molar-refractivity contribution in [2.45, 2.75) is 25.3 Å². The van der Waals surface area contributed by atoms with Gasteiger partial charge in [-0.15, -0.1) is 12.4 Å². The van der Waals surface area contributed by atoms with Crippen molar-refractivity contribution in [2.75, 3.05) is 27.2 Å². The van der Waals surface area contributed by atoms with Crippen molar-refractivity contribution in [1.82, 2.24) is 20.0 Å². The minimum atomic E-state index is -0.363. The molecule has 1 N–H and O–H groups in total. The first-order valence-electron chi connectivity index (χ1n) is 9.28. The molecule has 1 aromatic carbocycles. The molecule has 2 atom stereocenters. The Morgan fingerprint density at radius 3 is 2.89 bits per heavy atom. The van der Waals surface area contributed by atoms with Crippen LogP contribution in [0.4, 0.5) is 0 Å². The van der Waals surface area contributed by atoms with Crippen molar-refractivity contribution in [3.63, 3.8) is 0 Å². The minimum Gasteiger partial charge on any atom is -0.496 e. The van der Waals surface area contributed by atoms with Crippen molar-refractivity contribution in [3.8, 4) is 5.75 Å². The lowest BCUT2D eigenvalue weighted by molar-refractivity contribution is -0.135. The topological polar surface area (TPSA) is 59.4 Å². The van der Waals surface area contributed by atoms with Crippen LogP contribution in [0.5, 0.6) is 5.75 Å². The minimum absolute atomic E-state index is 0. The van der Waals surface area contributed by atoms with Crippen LogP contribution in [-0.2, 0) is 18.3 Å². The first-order valence-corrected chi connectivity index (χ1v) is 9.66. The molecule has 2 unspecified atom stereocenters. The Balaban J connectivity index is 0.00000280. The molecular weight excluding hydrogens is 399 g/mol. The van der Waals surface area contributed by atoms with Gasteiger partial charge in [0.1, 0.15) is 11.8 Å². The van der Waals surface area contributed by atoms with E-state index in [0.717, 1.165) is 49.2 Å². The number of methoxy groups -OCH3 is 1. The van der Waals surface area contributed by atoms with E-state index < -0.39 is 0 Å². The molecule has 1 saturated heterocycles. The number of likely N-dealkylation sites (tertiary alicyclic amines) is 1. The normalized spacial score (nSPS) is 17.7. The van der Waals surface area contributed by atoms with Crippen molar-refractivity contribution in [3.05, 3.63) is 46.7 Å². The maximum Gasteiger partial charge on any atom is 0.244 e.